The van der Waals surface area contributed by atoms with Gasteiger partial charge in [-0.25, -0.2) is 4.39 Å². The van der Waals surface area contributed by atoms with E-state index in [9.17, 15) is 19.1 Å². The molecule has 5 nitrogen and oxygen atoms in total. The number of aromatic nitrogens is 1. The maximum absolute atomic E-state index is 14.3. The summed E-state index contributed by atoms with van der Waals surface area (Å²) < 4.78 is 16.0. The van der Waals surface area contributed by atoms with Crippen molar-refractivity contribution in [1.29, 1.82) is 0 Å². The van der Waals surface area contributed by atoms with Crippen molar-refractivity contribution in [3.8, 4) is 0 Å². The summed E-state index contributed by atoms with van der Waals surface area (Å²) in [6, 6.07) is 6.23. The lowest BCUT2D eigenvalue weighted by molar-refractivity contribution is 0.0723. The summed E-state index contributed by atoms with van der Waals surface area (Å²) in [7, 11) is 0. The second-order valence-electron chi connectivity index (χ2n) is 8.41. The van der Waals surface area contributed by atoms with Crippen LogP contribution in [0.2, 0.25) is 5.02 Å². The lowest BCUT2D eigenvalue weighted by Crippen LogP contribution is -2.40. The molecule has 2 aromatic rings. The van der Waals surface area contributed by atoms with E-state index in [1.54, 1.807) is 34.7 Å². The summed E-state index contributed by atoms with van der Waals surface area (Å²) in [6.45, 7) is 1.79. The lowest BCUT2D eigenvalue weighted by atomic mass is 9.92. The first kappa shape index (κ1) is 21.1. The average molecular weight is 433 g/mol. The van der Waals surface area contributed by atoms with Crippen LogP contribution in [0.4, 0.5) is 4.39 Å². The highest BCUT2D eigenvalue weighted by Crippen LogP contribution is 2.32. The van der Waals surface area contributed by atoms with Crippen molar-refractivity contribution in [2.75, 3.05) is 0 Å². The number of nitrogens with zero attached hydrogens (tertiary/aromatic N) is 2. The van der Waals surface area contributed by atoms with Gasteiger partial charge in [0.2, 0.25) is 0 Å². The fourth-order valence-electron chi connectivity index (χ4n) is 4.28. The highest BCUT2D eigenvalue weighted by Gasteiger charge is 2.36. The molecule has 1 aromatic carbocycles. The zero-order valence-electron chi connectivity index (χ0n) is 17.0. The normalized spacial score (nSPS) is 21.5. The van der Waals surface area contributed by atoms with Gasteiger partial charge in [-0.2, -0.15) is 0 Å². The fraction of sp³-hybridized carbons (Fsp3) is 0.478. The smallest absolute Gasteiger partial charge is 0.263 e. The molecule has 2 fully saturated rings. The molecule has 1 N–H and O–H groups in total. The molecular formula is C23H26ClFN2O3. The van der Waals surface area contributed by atoms with Gasteiger partial charge >= 0.3 is 0 Å². The standard InChI is InChI=1S/C23H26ClFN2O3/c1-14-11-12-26(15-7-9-17(28)10-8-15)22(29)21(14)23(30)27(16-5-6-16)13-18-19(24)3-2-4-20(18)25/h2-4,11-12,15-17,28H,5-10,13H2,1H3. The number of aryl methyl sites for hydroxylation is 1. The quantitative estimate of drug-likeness (QED) is 0.769. The van der Waals surface area contributed by atoms with Gasteiger partial charge in [-0.1, -0.05) is 17.7 Å². The van der Waals surface area contributed by atoms with Crippen LogP contribution < -0.4 is 5.56 Å². The summed E-state index contributed by atoms with van der Waals surface area (Å²) >= 11 is 6.19. The third kappa shape index (κ3) is 4.16. The van der Waals surface area contributed by atoms with E-state index in [0.717, 1.165) is 12.8 Å². The summed E-state index contributed by atoms with van der Waals surface area (Å²) in [5.74, 6) is -0.826. The van der Waals surface area contributed by atoms with E-state index >= 15 is 0 Å². The van der Waals surface area contributed by atoms with E-state index in [-0.39, 0.29) is 52.3 Å². The van der Waals surface area contributed by atoms with Crippen LogP contribution in [0.3, 0.4) is 0 Å². The first-order valence-electron chi connectivity index (χ1n) is 10.5. The number of amides is 1. The molecular weight excluding hydrogens is 407 g/mol. The minimum atomic E-state index is -0.455. The molecule has 0 aliphatic heterocycles. The van der Waals surface area contributed by atoms with Crippen LogP contribution in [0.25, 0.3) is 0 Å². The van der Waals surface area contributed by atoms with Crippen LogP contribution in [0.5, 0.6) is 0 Å². The monoisotopic (exact) mass is 432 g/mol. The number of hydrogen-bond acceptors (Lipinski definition) is 3. The Morgan fingerprint density at radius 3 is 2.53 bits per heavy atom. The Morgan fingerprint density at radius 1 is 1.20 bits per heavy atom. The molecule has 2 saturated carbocycles. The van der Waals surface area contributed by atoms with Crippen molar-refractivity contribution >= 4 is 17.5 Å². The zero-order chi connectivity index (χ0) is 21.4. The van der Waals surface area contributed by atoms with Crippen molar-refractivity contribution in [2.24, 2.45) is 0 Å². The first-order chi connectivity index (χ1) is 14.4. The molecule has 1 amide bonds. The van der Waals surface area contributed by atoms with Crippen molar-refractivity contribution in [3.05, 3.63) is 68.3 Å². The number of pyridine rings is 1. The van der Waals surface area contributed by atoms with Crippen LogP contribution >= 0.6 is 11.6 Å². The molecule has 0 spiro atoms. The molecule has 0 radical (unpaired) electrons. The Bertz CT molecular complexity index is 990. The summed E-state index contributed by atoms with van der Waals surface area (Å²) in [4.78, 5) is 28.4. The zero-order valence-corrected chi connectivity index (χ0v) is 17.7. The highest BCUT2D eigenvalue weighted by molar-refractivity contribution is 6.31. The van der Waals surface area contributed by atoms with Crippen molar-refractivity contribution < 1.29 is 14.3 Å². The second-order valence-corrected chi connectivity index (χ2v) is 8.82. The third-order valence-corrected chi connectivity index (χ3v) is 6.59. The predicted molar refractivity (Wildman–Crippen MR) is 113 cm³/mol. The average Bonchev–Trinajstić information content (AvgIpc) is 3.54. The van der Waals surface area contributed by atoms with Crippen LogP contribution in [-0.2, 0) is 6.54 Å². The molecule has 4 rings (SSSR count). The maximum Gasteiger partial charge on any atom is 0.263 e. The van der Waals surface area contributed by atoms with E-state index in [0.29, 0.717) is 31.2 Å². The Labute approximate surface area is 180 Å². The molecule has 0 unspecified atom stereocenters. The Hall–Kier alpha value is -2.18. The maximum atomic E-state index is 14.3. The largest absolute Gasteiger partial charge is 0.393 e. The predicted octanol–water partition coefficient (Wildman–Crippen LogP) is 4.23. The molecule has 160 valence electrons. The number of carbonyl (C=O) groups excluding carboxylic acids is 1. The minimum absolute atomic E-state index is 0.00884. The number of benzene rings is 1. The Morgan fingerprint density at radius 2 is 1.90 bits per heavy atom. The van der Waals surface area contributed by atoms with Crippen molar-refractivity contribution in [2.45, 2.75) is 70.2 Å². The molecule has 2 aliphatic rings. The first-order valence-corrected chi connectivity index (χ1v) is 10.9. The van der Waals surface area contributed by atoms with E-state index < -0.39 is 5.82 Å². The lowest BCUT2D eigenvalue weighted by Gasteiger charge is -2.28. The topological polar surface area (TPSA) is 62.5 Å². The number of aliphatic hydroxyl groups is 1. The van der Waals surface area contributed by atoms with Crippen LogP contribution in [0.1, 0.15) is 66.1 Å². The SMILES string of the molecule is Cc1ccn(C2CCC(O)CC2)c(=O)c1C(=O)N(Cc1c(F)cccc1Cl)C1CC1. The summed E-state index contributed by atoms with van der Waals surface area (Å²) in [5, 5.41) is 10.0. The van der Waals surface area contributed by atoms with Gasteiger partial charge in [0.15, 0.2) is 0 Å². The van der Waals surface area contributed by atoms with E-state index in [1.165, 1.54) is 12.1 Å². The van der Waals surface area contributed by atoms with E-state index in [2.05, 4.69) is 0 Å². The van der Waals surface area contributed by atoms with E-state index in [1.807, 2.05) is 0 Å². The molecule has 7 heteroatoms. The molecule has 30 heavy (non-hydrogen) atoms. The summed E-state index contributed by atoms with van der Waals surface area (Å²) in [5.41, 5.74) is 0.714. The third-order valence-electron chi connectivity index (χ3n) is 6.24. The molecule has 1 heterocycles. The van der Waals surface area contributed by atoms with Gasteiger partial charge in [0.05, 0.1) is 12.6 Å². The molecule has 0 bridgehead atoms. The fourth-order valence-corrected chi connectivity index (χ4v) is 4.50. The van der Waals surface area contributed by atoms with Gasteiger partial charge in [-0.3, -0.25) is 9.59 Å². The Balaban J connectivity index is 1.67. The van der Waals surface area contributed by atoms with E-state index in [4.69, 9.17) is 11.6 Å². The highest BCUT2D eigenvalue weighted by atomic mass is 35.5. The summed E-state index contributed by atoms with van der Waals surface area (Å²) in [6.07, 6.45) is 5.79. The molecule has 2 aliphatic carbocycles. The number of aliphatic hydroxyl groups excluding tert-OH is 1. The van der Waals surface area contributed by atoms with Gasteiger partial charge in [-0.05, 0) is 69.2 Å². The number of hydrogen-bond donors (Lipinski definition) is 1. The van der Waals surface area contributed by atoms with Gasteiger partial charge in [0.25, 0.3) is 11.5 Å². The van der Waals surface area contributed by atoms with Gasteiger partial charge < -0.3 is 14.6 Å². The van der Waals surface area contributed by atoms with Crippen LogP contribution in [0.15, 0.2) is 35.3 Å². The molecule has 0 saturated heterocycles. The number of carbonyl (C=O) groups is 1. The van der Waals surface area contributed by atoms with Gasteiger partial charge in [0.1, 0.15) is 11.4 Å². The second kappa shape index (κ2) is 8.52. The number of rotatable bonds is 5. The van der Waals surface area contributed by atoms with Gasteiger partial charge in [-0.15, -0.1) is 0 Å². The number of halogens is 2. The minimum Gasteiger partial charge on any atom is -0.393 e. The van der Waals surface area contributed by atoms with Crippen molar-refractivity contribution in [1.82, 2.24) is 9.47 Å². The van der Waals surface area contributed by atoms with Crippen LogP contribution in [-0.4, -0.2) is 32.6 Å². The molecule has 0 atom stereocenters. The Kier molecular flexibility index (Phi) is 5.98. The molecule has 1 aromatic heterocycles. The van der Waals surface area contributed by atoms with Crippen LogP contribution in [0, 0.1) is 12.7 Å². The van der Waals surface area contributed by atoms with Gasteiger partial charge in [0, 0.05) is 28.9 Å². The van der Waals surface area contributed by atoms with Crippen molar-refractivity contribution in [3.63, 3.8) is 0 Å².